The molecular weight excluding hydrogens is 290 g/mol. The predicted octanol–water partition coefficient (Wildman–Crippen LogP) is 1.63. The number of rotatable bonds is 8. The standard InChI is InChI=1S/C15H22ClN3O2/c1-11(20)19-14(12-4-6-13(16)7-5-12)10-15(21)18-9-3-8-17-2/h4-7,14,17H,3,8-10H2,1-2H3,(H,18,21)(H,19,20). The average molecular weight is 312 g/mol. The molecule has 0 spiro atoms. The second-order valence-electron chi connectivity index (χ2n) is 4.82. The number of benzene rings is 1. The van der Waals surface area contributed by atoms with Crippen LogP contribution in [0.3, 0.4) is 0 Å². The normalized spacial score (nSPS) is 11.8. The van der Waals surface area contributed by atoms with E-state index in [4.69, 9.17) is 11.6 Å². The van der Waals surface area contributed by atoms with Crippen LogP contribution in [0.2, 0.25) is 5.02 Å². The van der Waals surface area contributed by atoms with Gasteiger partial charge in [-0.2, -0.15) is 0 Å². The summed E-state index contributed by atoms with van der Waals surface area (Å²) >= 11 is 5.85. The first-order valence-corrected chi connectivity index (χ1v) is 7.34. The SMILES string of the molecule is CNCCCNC(=O)CC(NC(C)=O)c1ccc(Cl)cc1. The van der Waals surface area contributed by atoms with Gasteiger partial charge in [0.15, 0.2) is 0 Å². The van der Waals surface area contributed by atoms with Crippen molar-refractivity contribution in [2.75, 3.05) is 20.1 Å². The van der Waals surface area contributed by atoms with Crippen LogP contribution in [-0.2, 0) is 9.59 Å². The third-order valence-electron chi connectivity index (χ3n) is 2.97. The molecule has 0 saturated heterocycles. The van der Waals surface area contributed by atoms with Gasteiger partial charge < -0.3 is 16.0 Å². The first-order chi connectivity index (χ1) is 10.0. The van der Waals surface area contributed by atoms with Gasteiger partial charge in [0.05, 0.1) is 12.5 Å². The van der Waals surface area contributed by atoms with E-state index in [0.29, 0.717) is 11.6 Å². The average Bonchev–Trinajstić information content (AvgIpc) is 2.43. The Balaban J connectivity index is 2.59. The molecule has 1 atom stereocenters. The lowest BCUT2D eigenvalue weighted by atomic mass is 10.0. The molecule has 0 aromatic heterocycles. The Bertz CT molecular complexity index is 462. The highest BCUT2D eigenvalue weighted by molar-refractivity contribution is 6.30. The monoisotopic (exact) mass is 311 g/mol. The van der Waals surface area contributed by atoms with Crippen LogP contribution < -0.4 is 16.0 Å². The zero-order valence-electron chi connectivity index (χ0n) is 12.4. The number of amides is 2. The molecule has 6 heteroatoms. The number of carbonyl (C=O) groups is 2. The summed E-state index contributed by atoms with van der Waals surface area (Å²) in [5.74, 6) is -0.252. The summed E-state index contributed by atoms with van der Waals surface area (Å²) in [4.78, 5) is 23.2. The van der Waals surface area contributed by atoms with Gasteiger partial charge in [-0.3, -0.25) is 9.59 Å². The molecule has 0 radical (unpaired) electrons. The molecule has 0 aliphatic rings. The molecule has 0 saturated carbocycles. The lowest BCUT2D eigenvalue weighted by Gasteiger charge is -2.18. The quantitative estimate of drug-likeness (QED) is 0.639. The van der Waals surface area contributed by atoms with E-state index in [0.717, 1.165) is 18.5 Å². The Morgan fingerprint density at radius 3 is 2.43 bits per heavy atom. The summed E-state index contributed by atoms with van der Waals surface area (Å²) in [5.41, 5.74) is 0.861. The molecular formula is C15H22ClN3O2. The maximum Gasteiger partial charge on any atom is 0.222 e. The molecule has 0 fully saturated rings. The molecule has 1 rings (SSSR count). The van der Waals surface area contributed by atoms with E-state index in [1.165, 1.54) is 6.92 Å². The number of hydrogen-bond acceptors (Lipinski definition) is 3. The zero-order chi connectivity index (χ0) is 15.7. The minimum atomic E-state index is -0.343. The van der Waals surface area contributed by atoms with Gasteiger partial charge in [-0.15, -0.1) is 0 Å². The lowest BCUT2D eigenvalue weighted by Crippen LogP contribution is -2.33. The Morgan fingerprint density at radius 1 is 1.19 bits per heavy atom. The molecule has 1 aromatic rings. The van der Waals surface area contributed by atoms with E-state index in [-0.39, 0.29) is 24.3 Å². The predicted molar refractivity (Wildman–Crippen MR) is 84.2 cm³/mol. The Labute approximate surface area is 130 Å². The van der Waals surface area contributed by atoms with Gasteiger partial charge in [-0.25, -0.2) is 0 Å². The van der Waals surface area contributed by atoms with Gasteiger partial charge in [-0.05, 0) is 37.7 Å². The molecule has 0 bridgehead atoms. The fourth-order valence-electron chi connectivity index (χ4n) is 1.94. The van der Waals surface area contributed by atoms with Crippen molar-refractivity contribution in [1.29, 1.82) is 0 Å². The molecule has 21 heavy (non-hydrogen) atoms. The van der Waals surface area contributed by atoms with Crippen LogP contribution >= 0.6 is 11.6 Å². The third-order valence-corrected chi connectivity index (χ3v) is 3.22. The summed E-state index contributed by atoms with van der Waals surface area (Å²) in [7, 11) is 1.87. The summed E-state index contributed by atoms with van der Waals surface area (Å²) in [5, 5.41) is 9.28. The van der Waals surface area contributed by atoms with Gasteiger partial charge in [-0.1, -0.05) is 23.7 Å². The molecule has 1 unspecified atom stereocenters. The first-order valence-electron chi connectivity index (χ1n) is 6.96. The summed E-state index contributed by atoms with van der Waals surface area (Å²) in [6.07, 6.45) is 1.08. The molecule has 0 heterocycles. The first kappa shape index (κ1) is 17.5. The fraction of sp³-hybridized carbons (Fsp3) is 0.467. The Kier molecular flexibility index (Phi) is 7.79. The number of carbonyl (C=O) groups excluding carboxylic acids is 2. The topological polar surface area (TPSA) is 70.2 Å². The minimum Gasteiger partial charge on any atom is -0.356 e. The van der Waals surface area contributed by atoms with Crippen LogP contribution in [0.1, 0.15) is 31.4 Å². The van der Waals surface area contributed by atoms with Gasteiger partial charge in [0.2, 0.25) is 11.8 Å². The van der Waals surface area contributed by atoms with Crippen LogP contribution in [0.15, 0.2) is 24.3 Å². The largest absolute Gasteiger partial charge is 0.356 e. The zero-order valence-corrected chi connectivity index (χ0v) is 13.2. The van der Waals surface area contributed by atoms with Gasteiger partial charge in [0.1, 0.15) is 0 Å². The third kappa shape index (κ3) is 7.11. The van der Waals surface area contributed by atoms with Crippen molar-refractivity contribution in [1.82, 2.24) is 16.0 Å². The van der Waals surface area contributed by atoms with E-state index in [9.17, 15) is 9.59 Å². The van der Waals surface area contributed by atoms with E-state index >= 15 is 0 Å². The van der Waals surface area contributed by atoms with Crippen molar-refractivity contribution in [3.8, 4) is 0 Å². The van der Waals surface area contributed by atoms with Gasteiger partial charge in [0.25, 0.3) is 0 Å². The van der Waals surface area contributed by atoms with Crippen molar-refractivity contribution < 1.29 is 9.59 Å². The Hall–Kier alpha value is -1.59. The Morgan fingerprint density at radius 2 is 1.86 bits per heavy atom. The summed E-state index contributed by atoms with van der Waals surface area (Å²) in [6, 6.07) is 6.78. The highest BCUT2D eigenvalue weighted by atomic mass is 35.5. The van der Waals surface area contributed by atoms with Gasteiger partial charge >= 0.3 is 0 Å². The van der Waals surface area contributed by atoms with Crippen molar-refractivity contribution in [3.05, 3.63) is 34.9 Å². The minimum absolute atomic E-state index is 0.0835. The van der Waals surface area contributed by atoms with E-state index in [1.54, 1.807) is 12.1 Å². The van der Waals surface area contributed by atoms with Crippen LogP contribution in [0.4, 0.5) is 0 Å². The molecule has 3 N–H and O–H groups in total. The molecule has 0 aliphatic carbocycles. The second-order valence-corrected chi connectivity index (χ2v) is 5.25. The van der Waals surface area contributed by atoms with E-state index < -0.39 is 0 Å². The van der Waals surface area contributed by atoms with Crippen molar-refractivity contribution >= 4 is 23.4 Å². The summed E-state index contributed by atoms with van der Waals surface area (Å²) in [6.45, 7) is 2.91. The van der Waals surface area contributed by atoms with Crippen LogP contribution in [0.25, 0.3) is 0 Å². The van der Waals surface area contributed by atoms with Crippen molar-refractivity contribution in [3.63, 3.8) is 0 Å². The number of halogens is 1. The van der Waals surface area contributed by atoms with Crippen LogP contribution in [-0.4, -0.2) is 32.0 Å². The molecule has 1 aromatic carbocycles. The number of nitrogens with one attached hydrogen (secondary N) is 3. The summed E-state index contributed by atoms with van der Waals surface area (Å²) < 4.78 is 0. The van der Waals surface area contributed by atoms with E-state index in [2.05, 4.69) is 16.0 Å². The van der Waals surface area contributed by atoms with Gasteiger partial charge in [0, 0.05) is 18.5 Å². The smallest absolute Gasteiger partial charge is 0.222 e. The number of hydrogen-bond donors (Lipinski definition) is 3. The van der Waals surface area contributed by atoms with Crippen LogP contribution in [0, 0.1) is 0 Å². The molecule has 0 aliphatic heterocycles. The lowest BCUT2D eigenvalue weighted by molar-refractivity contribution is -0.122. The van der Waals surface area contributed by atoms with Crippen molar-refractivity contribution in [2.45, 2.75) is 25.8 Å². The molecule has 2 amide bonds. The maximum atomic E-state index is 11.9. The van der Waals surface area contributed by atoms with Crippen LogP contribution in [0.5, 0.6) is 0 Å². The second kappa shape index (κ2) is 9.37. The highest BCUT2D eigenvalue weighted by Gasteiger charge is 2.16. The van der Waals surface area contributed by atoms with E-state index in [1.807, 2.05) is 19.2 Å². The van der Waals surface area contributed by atoms with Crippen molar-refractivity contribution in [2.24, 2.45) is 0 Å². The molecule has 116 valence electrons. The maximum absolute atomic E-state index is 11.9. The molecule has 5 nitrogen and oxygen atoms in total. The fourth-order valence-corrected chi connectivity index (χ4v) is 2.07. The highest BCUT2D eigenvalue weighted by Crippen LogP contribution is 2.19.